The summed E-state index contributed by atoms with van der Waals surface area (Å²) in [7, 11) is -1.50. The number of nitrogens with one attached hydrogen (secondary N) is 1. The Morgan fingerprint density at radius 1 is 1.20 bits per heavy atom. The van der Waals surface area contributed by atoms with Crippen LogP contribution < -0.4 is 4.90 Å². The molecule has 0 atom stereocenters. The van der Waals surface area contributed by atoms with E-state index >= 15 is 0 Å². The van der Waals surface area contributed by atoms with Gasteiger partial charge in [0.1, 0.15) is 17.0 Å². The Labute approximate surface area is 148 Å². The van der Waals surface area contributed by atoms with Gasteiger partial charge in [0.05, 0.1) is 11.4 Å². The number of rotatable bonds is 4. The molecule has 0 aliphatic carbocycles. The lowest BCUT2D eigenvalue weighted by molar-refractivity contribution is 0.314. The normalized spacial score (nSPS) is 17.0. The molecule has 0 spiro atoms. The van der Waals surface area contributed by atoms with E-state index in [1.54, 1.807) is 24.5 Å². The second-order valence-corrected chi connectivity index (χ2v) is 8.40. The van der Waals surface area contributed by atoms with E-state index in [0.717, 1.165) is 24.4 Å². The van der Waals surface area contributed by atoms with Crippen molar-refractivity contribution in [2.45, 2.75) is 44.6 Å². The molecular formula is C16H24N6O2S. The van der Waals surface area contributed by atoms with Gasteiger partial charge < -0.3 is 4.90 Å². The molecule has 0 amide bonds. The van der Waals surface area contributed by atoms with Crippen molar-refractivity contribution in [3.05, 3.63) is 29.5 Å². The van der Waals surface area contributed by atoms with Crippen molar-refractivity contribution in [3.8, 4) is 0 Å². The van der Waals surface area contributed by atoms with Gasteiger partial charge in [-0.15, -0.1) is 0 Å². The van der Waals surface area contributed by atoms with E-state index in [0.29, 0.717) is 29.4 Å². The lowest BCUT2D eigenvalue weighted by Gasteiger charge is -2.36. The number of hydrogen-bond donors (Lipinski definition) is 1. The number of H-pyrrole nitrogens is 1. The van der Waals surface area contributed by atoms with E-state index in [-0.39, 0.29) is 6.04 Å². The van der Waals surface area contributed by atoms with Crippen LogP contribution in [0.5, 0.6) is 0 Å². The number of hydrogen-bond acceptors (Lipinski definition) is 6. The molecule has 1 fully saturated rings. The van der Waals surface area contributed by atoms with E-state index in [9.17, 15) is 8.42 Å². The third-order valence-corrected chi connectivity index (χ3v) is 6.94. The van der Waals surface area contributed by atoms with Crippen LogP contribution in [0.15, 0.2) is 17.3 Å². The van der Waals surface area contributed by atoms with Crippen molar-refractivity contribution in [2.24, 2.45) is 0 Å². The second kappa shape index (κ2) is 6.72. The molecule has 2 aromatic rings. The van der Waals surface area contributed by atoms with Crippen molar-refractivity contribution in [2.75, 3.05) is 25.0 Å². The zero-order valence-corrected chi connectivity index (χ0v) is 15.8. The van der Waals surface area contributed by atoms with Crippen LogP contribution in [0.4, 0.5) is 5.82 Å². The molecule has 0 unspecified atom stereocenters. The molecule has 1 aliphatic rings. The Balaban J connectivity index is 1.71. The van der Waals surface area contributed by atoms with Gasteiger partial charge in [0.2, 0.25) is 10.0 Å². The lowest BCUT2D eigenvalue weighted by Crippen LogP contribution is -2.46. The summed E-state index contributed by atoms with van der Waals surface area (Å²) < 4.78 is 27.4. The lowest BCUT2D eigenvalue weighted by atomic mass is 10.1. The molecule has 0 saturated carbocycles. The van der Waals surface area contributed by atoms with Crippen LogP contribution in [-0.4, -0.2) is 59.1 Å². The first-order chi connectivity index (χ1) is 11.8. The maximum Gasteiger partial charge on any atom is 0.246 e. The van der Waals surface area contributed by atoms with Crippen LogP contribution in [0.2, 0.25) is 0 Å². The average Bonchev–Trinajstić information content (AvgIpc) is 2.93. The molecule has 3 rings (SSSR count). The second-order valence-electron chi connectivity index (χ2n) is 6.53. The summed E-state index contributed by atoms with van der Waals surface area (Å²) in [5.74, 6) is 0.871. The standard InChI is InChI=1S/C16H24N6O2S/c1-11-9-15(18-10-17-11)21(4)14-5-7-22(8-6-14)25(23,24)16-12(2)19-20-13(16)3/h9-10,14H,5-8H2,1-4H3,(H,19,20). The molecule has 8 nitrogen and oxygen atoms in total. The molecule has 1 N–H and O–H groups in total. The molecule has 0 aromatic carbocycles. The Morgan fingerprint density at radius 2 is 1.88 bits per heavy atom. The van der Waals surface area contributed by atoms with Crippen molar-refractivity contribution < 1.29 is 8.42 Å². The minimum Gasteiger partial charge on any atom is -0.356 e. The predicted octanol–water partition coefficient (Wildman–Crippen LogP) is 1.41. The van der Waals surface area contributed by atoms with E-state index in [1.807, 2.05) is 20.0 Å². The molecule has 25 heavy (non-hydrogen) atoms. The average molecular weight is 364 g/mol. The van der Waals surface area contributed by atoms with Gasteiger partial charge in [-0.3, -0.25) is 5.10 Å². The number of sulfonamides is 1. The van der Waals surface area contributed by atoms with Gasteiger partial charge in [0.15, 0.2) is 0 Å². The highest BCUT2D eigenvalue weighted by Crippen LogP contribution is 2.27. The smallest absolute Gasteiger partial charge is 0.246 e. The van der Waals surface area contributed by atoms with Crippen LogP contribution in [-0.2, 0) is 10.0 Å². The summed E-state index contributed by atoms with van der Waals surface area (Å²) in [4.78, 5) is 10.9. The van der Waals surface area contributed by atoms with Gasteiger partial charge in [-0.05, 0) is 33.6 Å². The zero-order chi connectivity index (χ0) is 18.2. The topological polar surface area (TPSA) is 95.1 Å². The highest BCUT2D eigenvalue weighted by atomic mass is 32.2. The number of aryl methyl sites for hydroxylation is 3. The fourth-order valence-corrected chi connectivity index (χ4v) is 5.14. The zero-order valence-electron chi connectivity index (χ0n) is 15.0. The maximum atomic E-state index is 12.9. The molecule has 0 bridgehead atoms. The van der Waals surface area contributed by atoms with E-state index in [1.165, 1.54) is 0 Å². The summed E-state index contributed by atoms with van der Waals surface area (Å²) in [6, 6.07) is 2.20. The van der Waals surface area contributed by atoms with Crippen LogP contribution >= 0.6 is 0 Å². The van der Waals surface area contributed by atoms with Gasteiger partial charge in [-0.2, -0.15) is 9.40 Å². The largest absolute Gasteiger partial charge is 0.356 e. The molecule has 136 valence electrons. The first-order valence-corrected chi connectivity index (χ1v) is 9.78. The summed E-state index contributed by atoms with van der Waals surface area (Å²) in [6.07, 6.45) is 3.08. The quantitative estimate of drug-likeness (QED) is 0.881. The van der Waals surface area contributed by atoms with Gasteiger partial charge in [0, 0.05) is 37.9 Å². The Hall–Kier alpha value is -2.00. The third kappa shape index (κ3) is 3.38. The number of piperidine rings is 1. The molecule has 1 aliphatic heterocycles. The van der Waals surface area contributed by atoms with Crippen molar-refractivity contribution in [3.63, 3.8) is 0 Å². The molecule has 2 aromatic heterocycles. The first kappa shape index (κ1) is 17.8. The number of aromatic nitrogens is 4. The SMILES string of the molecule is Cc1cc(N(C)C2CCN(S(=O)(=O)c3c(C)n[nH]c3C)CC2)ncn1. The third-order valence-electron chi connectivity index (χ3n) is 4.78. The van der Waals surface area contributed by atoms with E-state index in [2.05, 4.69) is 25.1 Å². The summed E-state index contributed by atoms with van der Waals surface area (Å²) in [5.41, 5.74) is 2.03. The molecule has 9 heteroatoms. The highest BCUT2D eigenvalue weighted by Gasteiger charge is 2.34. The fourth-order valence-electron chi connectivity index (χ4n) is 3.34. The predicted molar refractivity (Wildman–Crippen MR) is 95.0 cm³/mol. The van der Waals surface area contributed by atoms with Crippen molar-refractivity contribution in [1.29, 1.82) is 0 Å². The fraction of sp³-hybridized carbons (Fsp3) is 0.562. The van der Waals surface area contributed by atoms with Crippen LogP contribution in [0.3, 0.4) is 0 Å². The Kier molecular flexibility index (Phi) is 4.79. The Bertz CT molecular complexity index is 836. The van der Waals surface area contributed by atoms with Gasteiger partial charge >= 0.3 is 0 Å². The molecule has 1 saturated heterocycles. The first-order valence-electron chi connectivity index (χ1n) is 8.34. The minimum absolute atomic E-state index is 0.257. The monoisotopic (exact) mass is 364 g/mol. The number of anilines is 1. The maximum absolute atomic E-state index is 12.9. The van der Waals surface area contributed by atoms with Crippen molar-refractivity contribution in [1.82, 2.24) is 24.5 Å². The Morgan fingerprint density at radius 3 is 2.44 bits per heavy atom. The van der Waals surface area contributed by atoms with Crippen LogP contribution in [0.1, 0.15) is 29.9 Å². The van der Waals surface area contributed by atoms with Gasteiger partial charge in [0.25, 0.3) is 0 Å². The molecular weight excluding hydrogens is 340 g/mol. The molecule has 0 radical (unpaired) electrons. The summed E-state index contributed by atoms with van der Waals surface area (Å²) >= 11 is 0. The summed E-state index contributed by atoms with van der Waals surface area (Å²) in [6.45, 7) is 6.37. The molecule has 3 heterocycles. The number of aromatic amines is 1. The van der Waals surface area contributed by atoms with E-state index < -0.39 is 10.0 Å². The highest BCUT2D eigenvalue weighted by molar-refractivity contribution is 7.89. The van der Waals surface area contributed by atoms with Crippen LogP contribution in [0.25, 0.3) is 0 Å². The number of nitrogens with zero attached hydrogens (tertiary/aromatic N) is 5. The van der Waals surface area contributed by atoms with Crippen LogP contribution in [0, 0.1) is 20.8 Å². The van der Waals surface area contributed by atoms with Gasteiger partial charge in [-0.25, -0.2) is 18.4 Å². The van der Waals surface area contributed by atoms with E-state index in [4.69, 9.17) is 0 Å². The van der Waals surface area contributed by atoms with Gasteiger partial charge in [-0.1, -0.05) is 0 Å². The van der Waals surface area contributed by atoms with Crippen molar-refractivity contribution >= 4 is 15.8 Å². The summed E-state index contributed by atoms with van der Waals surface area (Å²) in [5, 5.41) is 6.77. The minimum atomic E-state index is -3.51.